The van der Waals surface area contributed by atoms with E-state index in [1.54, 1.807) is 36.4 Å². The van der Waals surface area contributed by atoms with Gasteiger partial charge in [-0.25, -0.2) is 0 Å². The average molecular weight is 214 g/mol. The van der Waals surface area contributed by atoms with Crippen LogP contribution in [0.1, 0.15) is 0 Å². The van der Waals surface area contributed by atoms with Crippen LogP contribution in [0, 0.1) is 16.2 Å². The van der Waals surface area contributed by atoms with Crippen molar-refractivity contribution in [1.29, 1.82) is 0 Å². The molecule has 0 aliphatic rings. The maximum Gasteiger partial charge on any atom is 0.312 e. The summed E-state index contributed by atoms with van der Waals surface area (Å²) in [5.41, 5.74) is -0.0913. The van der Waals surface area contributed by atoms with Gasteiger partial charge < -0.3 is 4.74 Å². The maximum atomic E-state index is 10.7. The molecule has 2 aromatic carbocycles. The number of hydrogen-bond acceptors (Lipinski definition) is 3. The van der Waals surface area contributed by atoms with Crippen LogP contribution in [0.4, 0.5) is 5.69 Å². The normalized spacial score (nSPS) is 9.75. The smallest absolute Gasteiger partial charge is 0.312 e. The van der Waals surface area contributed by atoms with Crippen molar-refractivity contribution in [3.05, 3.63) is 64.7 Å². The number of benzene rings is 2. The van der Waals surface area contributed by atoms with E-state index in [2.05, 4.69) is 6.07 Å². The Morgan fingerprint density at radius 1 is 1.12 bits per heavy atom. The topological polar surface area (TPSA) is 52.4 Å². The van der Waals surface area contributed by atoms with Gasteiger partial charge >= 0.3 is 5.69 Å². The summed E-state index contributed by atoms with van der Waals surface area (Å²) in [6.45, 7) is 0. The zero-order chi connectivity index (χ0) is 11.4. The summed E-state index contributed by atoms with van der Waals surface area (Å²) in [6, 6.07) is 16.1. The molecule has 2 rings (SSSR count). The summed E-state index contributed by atoms with van der Waals surface area (Å²) >= 11 is 0. The van der Waals surface area contributed by atoms with Crippen LogP contribution in [-0.4, -0.2) is 4.92 Å². The first kappa shape index (κ1) is 10.2. The molecule has 0 aliphatic carbocycles. The van der Waals surface area contributed by atoms with Gasteiger partial charge in [0.2, 0.25) is 5.75 Å². The Morgan fingerprint density at radius 2 is 1.88 bits per heavy atom. The molecule has 2 aromatic rings. The molecule has 0 fully saturated rings. The lowest BCUT2D eigenvalue weighted by atomic mass is 10.3. The molecule has 1 radical (unpaired) electrons. The van der Waals surface area contributed by atoms with Crippen molar-refractivity contribution >= 4 is 5.69 Å². The van der Waals surface area contributed by atoms with Gasteiger partial charge in [0.15, 0.2) is 0 Å². The van der Waals surface area contributed by atoms with Crippen molar-refractivity contribution in [3.63, 3.8) is 0 Å². The molecule has 0 aliphatic heterocycles. The van der Waals surface area contributed by atoms with Crippen molar-refractivity contribution in [1.82, 2.24) is 0 Å². The van der Waals surface area contributed by atoms with Gasteiger partial charge in [0.1, 0.15) is 5.75 Å². The Hall–Kier alpha value is -2.36. The van der Waals surface area contributed by atoms with E-state index in [1.807, 2.05) is 6.07 Å². The quantitative estimate of drug-likeness (QED) is 0.582. The molecule has 0 saturated heterocycles. The first-order valence-electron chi connectivity index (χ1n) is 4.65. The third-order valence-electron chi connectivity index (χ3n) is 1.96. The summed E-state index contributed by atoms with van der Waals surface area (Å²) in [4.78, 5) is 10.2. The number of nitro benzene ring substituents is 1. The van der Waals surface area contributed by atoms with Gasteiger partial charge in [-0.2, -0.15) is 0 Å². The van der Waals surface area contributed by atoms with E-state index < -0.39 is 4.92 Å². The molecule has 0 aromatic heterocycles. The van der Waals surface area contributed by atoms with Gasteiger partial charge in [-0.3, -0.25) is 10.1 Å². The van der Waals surface area contributed by atoms with Crippen LogP contribution in [0.5, 0.6) is 11.5 Å². The van der Waals surface area contributed by atoms with Crippen LogP contribution in [0.2, 0.25) is 0 Å². The summed E-state index contributed by atoms with van der Waals surface area (Å²) in [5, 5.41) is 10.7. The Morgan fingerprint density at radius 3 is 2.56 bits per heavy atom. The minimum atomic E-state index is -0.491. The number of nitrogens with zero attached hydrogens (tertiary/aromatic N) is 1. The van der Waals surface area contributed by atoms with Gasteiger partial charge in [0.05, 0.1) is 4.92 Å². The SMILES string of the molecule is O=[N+]([O-])c1ccc[c]c1Oc1ccccc1. The molecule has 4 heteroatoms. The van der Waals surface area contributed by atoms with Crippen LogP contribution in [0.3, 0.4) is 0 Å². The molecule has 0 heterocycles. The van der Waals surface area contributed by atoms with Crippen LogP contribution in [-0.2, 0) is 0 Å². The molecule has 0 saturated carbocycles. The van der Waals surface area contributed by atoms with Crippen LogP contribution >= 0.6 is 0 Å². The van der Waals surface area contributed by atoms with Crippen molar-refractivity contribution in [2.24, 2.45) is 0 Å². The van der Waals surface area contributed by atoms with Crippen molar-refractivity contribution in [2.75, 3.05) is 0 Å². The van der Waals surface area contributed by atoms with E-state index >= 15 is 0 Å². The van der Waals surface area contributed by atoms with Gasteiger partial charge in [-0.1, -0.05) is 24.3 Å². The Kier molecular flexibility index (Phi) is 2.82. The number of ether oxygens (including phenoxy) is 1. The second kappa shape index (κ2) is 4.44. The highest BCUT2D eigenvalue weighted by atomic mass is 16.6. The van der Waals surface area contributed by atoms with Gasteiger partial charge in [-0.15, -0.1) is 0 Å². The zero-order valence-corrected chi connectivity index (χ0v) is 8.29. The number of hydrogen-bond donors (Lipinski definition) is 0. The predicted octanol–water partition coefficient (Wildman–Crippen LogP) is 3.19. The third-order valence-corrected chi connectivity index (χ3v) is 1.96. The molecule has 79 valence electrons. The number of para-hydroxylation sites is 2. The van der Waals surface area contributed by atoms with Gasteiger partial charge in [-0.05, 0) is 18.2 Å². The third kappa shape index (κ3) is 2.17. The fourth-order valence-corrected chi connectivity index (χ4v) is 1.24. The molecular weight excluding hydrogens is 206 g/mol. The fourth-order valence-electron chi connectivity index (χ4n) is 1.24. The number of nitro groups is 1. The predicted molar refractivity (Wildman–Crippen MR) is 58.4 cm³/mol. The molecular formula is C12H8NO3. The second-order valence-corrected chi connectivity index (χ2v) is 3.06. The molecule has 4 nitrogen and oxygen atoms in total. The second-order valence-electron chi connectivity index (χ2n) is 3.06. The summed E-state index contributed by atoms with van der Waals surface area (Å²) in [7, 11) is 0. The molecule has 0 N–H and O–H groups in total. The van der Waals surface area contributed by atoms with Crippen molar-refractivity contribution in [3.8, 4) is 11.5 Å². The minimum absolute atomic E-state index is 0.0913. The van der Waals surface area contributed by atoms with E-state index in [-0.39, 0.29) is 11.4 Å². The molecule has 16 heavy (non-hydrogen) atoms. The highest BCUT2D eigenvalue weighted by molar-refractivity contribution is 5.47. The lowest BCUT2D eigenvalue weighted by Gasteiger charge is -2.04. The van der Waals surface area contributed by atoms with Crippen molar-refractivity contribution in [2.45, 2.75) is 0 Å². The van der Waals surface area contributed by atoms with E-state index in [0.717, 1.165) is 0 Å². The summed E-state index contributed by atoms with van der Waals surface area (Å²) < 4.78 is 5.37. The van der Waals surface area contributed by atoms with Crippen LogP contribution in [0.15, 0.2) is 48.5 Å². The standard InChI is InChI=1S/C12H8NO3/c14-13(15)11-8-4-5-9-12(11)16-10-6-2-1-3-7-10/h1-8H. The Balaban J connectivity index is 2.31. The lowest BCUT2D eigenvalue weighted by Crippen LogP contribution is -1.92. The van der Waals surface area contributed by atoms with Gasteiger partial charge in [0, 0.05) is 12.1 Å². The van der Waals surface area contributed by atoms with E-state index in [9.17, 15) is 10.1 Å². The Bertz CT molecular complexity index is 497. The van der Waals surface area contributed by atoms with E-state index in [0.29, 0.717) is 5.75 Å². The summed E-state index contributed by atoms with van der Waals surface area (Å²) in [6.07, 6.45) is 0. The lowest BCUT2D eigenvalue weighted by molar-refractivity contribution is -0.385. The molecule has 0 spiro atoms. The van der Waals surface area contributed by atoms with E-state index in [1.165, 1.54) is 6.07 Å². The first-order chi connectivity index (χ1) is 7.77. The first-order valence-corrected chi connectivity index (χ1v) is 4.65. The Labute approximate surface area is 92.3 Å². The summed E-state index contributed by atoms with van der Waals surface area (Å²) in [5.74, 6) is 0.673. The zero-order valence-electron chi connectivity index (χ0n) is 8.29. The average Bonchev–Trinajstić information content (AvgIpc) is 2.31. The largest absolute Gasteiger partial charge is 0.449 e. The number of rotatable bonds is 3. The van der Waals surface area contributed by atoms with Crippen LogP contribution < -0.4 is 4.74 Å². The highest BCUT2D eigenvalue weighted by Gasteiger charge is 2.14. The molecule has 0 atom stereocenters. The van der Waals surface area contributed by atoms with Gasteiger partial charge in [0.25, 0.3) is 0 Å². The van der Waals surface area contributed by atoms with E-state index in [4.69, 9.17) is 4.74 Å². The maximum absolute atomic E-state index is 10.7. The van der Waals surface area contributed by atoms with Crippen LogP contribution in [0.25, 0.3) is 0 Å². The molecule has 0 bridgehead atoms. The molecule has 0 amide bonds. The molecule has 0 unspecified atom stereocenters. The van der Waals surface area contributed by atoms with Crippen molar-refractivity contribution < 1.29 is 9.66 Å². The highest BCUT2D eigenvalue weighted by Crippen LogP contribution is 2.29. The minimum Gasteiger partial charge on any atom is -0.449 e. The monoisotopic (exact) mass is 214 g/mol. The fraction of sp³-hybridized carbons (Fsp3) is 0.